The van der Waals surface area contributed by atoms with E-state index in [0.29, 0.717) is 19.5 Å². The van der Waals surface area contributed by atoms with Gasteiger partial charge in [-0.15, -0.1) is 0 Å². The molecule has 0 aromatic heterocycles. The number of methoxy groups -OCH3 is 1. The van der Waals surface area contributed by atoms with Crippen LogP contribution in [0.4, 0.5) is 0 Å². The van der Waals surface area contributed by atoms with Crippen LogP contribution in [0.15, 0.2) is 0 Å². The molecule has 0 saturated carbocycles. The fraction of sp³-hybridized carbons (Fsp3) is 0.917. The highest BCUT2D eigenvalue weighted by Gasteiger charge is 2.26. The van der Waals surface area contributed by atoms with Gasteiger partial charge in [0.15, 0.2) is 9.84 Å². The van der Waals surface area contributed by atoms with Crippen LogP contribution < -0.4 is 0 Å². The maximum absolute atomic E-state index is 11.6. The van der Waals surface area contributed by atoms with E-state index >= 15 is 0 Å². The number of esters is 1. The van der Waals surface area contributed by atoms with Crippen molar-refractivity contribution in [3.05, 3.63) is 0 Å². The molecule has 6 heteroatoms. The SMILES string of the molecule is CCCS(=O)(=O)CCN1CCCC(C(=O)OC)C1. The Morgan fingerprint density at radius 3 is 2.72 bits per heavy atom. The van der Waals surface area contributed by atoms with Gasteiger partial charge in [-0.1, -0.05) is 6.92 Å². The molecule has 1 heterocycles. The summed E-state index contributed by atoms with van der Waals surface area (Å²) in [5.74, 6) is 0.157. The van der Waals surface area contributed by atoms with Crippen molar-refractivity contribution in [2.24, 2.45) is 5.92 Å². The number of carbonyl (C=O) groups is 1. The lowest BCUT2D eigenvalue weighted by molar-refractivity contribution is -0.147. The molecule has 106 valence electrons. The third-order valence-electron chi connectivity index (χ3n) is 3.27. The first kappa shape index (κ1) is 15.4. The number of carbonyl (C=O) groups excluding carboxylic acids is 1. The fourth-order valence-corrected chi connectivity index (χ4v) is 3.66. The second-order valence-electron chi connectivity index (χ2n) is 4.81. The lowest BCUT2D eigenvalue weighted by Crippen LogP contribution is -2.41. The van der Waals surface area contributed by atoms with Gasteiger partial charge in [0, 0.05) is 18.8 Å². The number of rotatable bonds is 6. The van der Waals surface area contributed by atoms with Crippen LogP contribution in [-0.2, 0) is 19.4 Å². The van der Waals surface area contributed by atoms with Crippen LogP contribution in [0.5, 0.6) is 0 Å². The Hall–Kier alpha value is -0.620. The predicted octanol–water partition coefficient (Wildman–Crippen LogP) is 0.696. The molecule has 18 heavy (non-hydrogen) atoms. The zero-order valence-electron chi connectivity index (χ0n) is 11.2. The Balaban J connectivity index is 2.41. The van der Waals surface area contributed by atoms with E-state index in [-0.39, 0.29) is 23.4 Å². The van der Waals surface area contributed by atoms with Crippen LogP contribution in [0.1, 0.15) is 26.2 Å². The van der Waals surface area contributed by atoms with Crippen LogP contribution in [0.25, 0.3) is 0 Å². The van der Waals surface area contributed by atoms with Crippen molar-refractivity contribution in [2.45, 2.75) is 26.2 Å². The van der Waals surface area contributed by atoms with Gasteiger partial charge >= 0.3 is 5.97 Å². The van der Waals surface area contributed by atoms with Gasteiger partial charge in [0.25, 0.3) is 0 Å². The average molecular weight is 277 g/mol. The van der Waals surface area contributed by atoms with Crippen molar-refractivity contribution in [2.75, 3.05) is 38.2 Å². The third-order valence-corrected chi connectivity index (χ3v) is 5.11. The van der Waals surface area contributed by atoms with E-state index < -0.39 is 9.84 Å². The molecular formula is C12H23NO4S. The first-order chi connectivity index (χ1) is 8.48. The largest absolute Gasteiger partial charge is 0.469 e. The van der Waals surface area contributed by atoms with Crippen molar-refractivity contribution < 1.29 is 17.9 Å². The van der Waals surface area contributed by atoms with Gasteiger partial charge in [-0.3, -0.25) is 4.79 Å². The topological polar surface area (TPSA) is 63.7 Å². The van der Waals surface area contributed by atoms with E-state index in [9.17, 15) is 13.2 Å². The average Bonchev–Trinajstić information content (AvgIpc) is 2.36. The molecule has 1 rings (SSSR count). The summed E-state index contributed by atoms with van der Waals surface area (Å²) in [6, 6.07) is 0. The molecule has 1 aliphatic heterocycles. The summed E-state index contributed by atoms with van der Waals surface area (Å²) in [5, 5.41) is 0. The van der Waals surface area contributed by atoms with Gasteiger partial charge in [-0.2, -0.15) is 0 Å². The summed E-state index contributed by atoms with van der Waals surface area (Å²) in [7, 11) is -1.54. The highest BCUT2D eigenvalue weighted by Crippen LogP contribution is 2.17. The quantitative estimate of drug-likeness (QED) is 0.669. The molecule has 0 aromatic carbocycles. The van der Waals surface area contributed by atoms with Crippen molar-refractivity contribution in [3.8, 4) is 0 Å². The summed E-state index contributed by atoms with van der Waals surface area (Å²) in [5.41, 5.74) is 0. The van der Waals surface area contributed by atoms with Crippen LogP contribution in [0.3, 0.4) is 0 Å². The predicted molar refractivity (Wildman–Crippen MR) is 70.1 cm³/mol. The number of hydrogen-bond acceptors (Lipinski definition) is 5. The monoisotopic (exact) mass is 277 g/mol. The Kier molecular flexibility index (Phi) is 6.08. The van der Waals surface area contributed by atoms with Gasteiger partial charge in [-0.25, -0.2) is 8.42 Å². The van der Waals surface area contributed by atoms with Crippen LogP contribution in [0.2, 0.25) is 0 Å². The summed E-state index contributed by atoms with van der Waals surface area (Å²) < 4.78 is 28.0. The summed E-state index contributed by atoms with van der Waals surface area (Å²) >= 11 is 0. The van der Waals surface area contributed by atoms with Gasteiger partial charge in [0.1, 0.15) is 0 Å². The molecule has 1 atom stereocenters. The van der Waals surface area contributed by atoms with Gasteiger partial charge in [0.05, 0.1) is 18.8 Å². The second-order valence-corrected chi connectivity index (χ2v) is 7.12. The normalized spacial score (nSPS) is 21.8. The molecule has 0 aromatic rings. The van der Waals surface area contributed by atoms with Gasteiger partial charge in [-0.05, 0) is 25.8 Å². The first-order valence-corrected chi connectivity index (χ1v) is 8.31. The molecule has 0 spiro atoms. The van der Waals surface area contributed by atoms with E-state index in [1.54, 1.807) is 0 Å². The molecule has 0 aliphatic carbocycles. The molecule has 0 bridgehead atoms. The minimum absolute atomic E-state index is 0.0994. The van der Waals surface area contributed by atoms with Crippen LogP contribution >= 0.6 is 0 Å². The number of hydrogen-bond donors (Lipinski definition) is 0. The lowest BCUT2D eigenvalue weighted by Gasteiger charge is -2.31. The molecule has 0 radical (unpaired) electrons. The third kappa shape index (κ3) is 4.94. The Morgan fingerprint density at radius 2 is 2.11 bits per heavy atom. The van der Waals surface area contributed by atoms with E-state index in [4.69, 9.17) is 4.74 Å². The lowest BCUT2D eigenvalue weighted by atomic mass is 9.98. The number of piperidine rings is 1. The Bertz CT molecular complexity index is 366. The summed E-state index contributed by atoms with van der Waals surface area (Å²) in [6.07, 6.45) is 2.42. The van der Waals surface area contributed by atoms with Crippen molar-refractivity contribution in [3.63, 3.8) is 0 Å². The highest BCUT2D eigenvalue weighted by molar-refractivity contribution is 7.91. The molecule has 0 N–H and O–H groups in total. The number of likely N-dealkylation sites (tertiary alicyclic amines) is 1. The summed E-state index contributed by atoms with van der Waals surface area (Å²) in [4.78, 5) is 13.5. The van der Waals surface area contributed by atoms with E-state index in [2.05, 4.69) is 4.90 Å². The fourth-order valence-electron chi connectivity index (χ4n) is 2.30. The van der Waals surface area contributed by atoms with Crippen LogP contribution in [0, 0.1) is 5.92 Å². The van der Waals surface area contributed by atoms with E-state index in [0.717, 1.165) is 19.4 Å². The van der Waals surface area contributed by atoms with Crippen molar-refractivity contribution in [1.29, 1.82) is 0 Å². The molecule has 1 aliphatic rings. The van der Waals surface area contributed by atoms with Gasteiger partial charge < -0.3 is 9.64 Å². The number of sulfone groups is 1. The van der Waals surface area contributed by atoms with Crippen molar-refractivity contribution >= 4 is 15.8 Å². The molecule has 1 saturated heterocycles. The Morgan fingerprint density at radius 1 is 1.39 bits per heavy atom. The molecule has 0 amide bonds. The molecular weight excluding hydrogens is 254 g/mol. The zero-order valence-corrected chi connectivity index (χ0v) is 12.0. The smallest absolute Gasteiger partial charge is 0.309 e. The summed E-state index contributed by atoms with van der Waals surface area (Å²) in [6.45, 7) is 3.88. The molecule has 1 fully saturated rings. The van der Waals surface area contributed by atoms with Crippen LogP contribution in [-0.4, -0.2) is 57.5 Å². The molecule has 5 nitrogen and oxygen atoms in total. The highest BCUT2D eigenvalue weighted by atomic mass is 32.2. The minimum atomic E-state index is -2.93. The van der Waals surface area contributed by atoms with E-state index in [1.165, 1.54) is 7.11 Å². The molecule has 1 unspecified atom stereocenters. The minimum Gasteiger partial charge on any atom is -0.469 e. The van der Waals surface area contributed by atoms with Gasteiger partial charge in [0.2, 0.25) is 0 Å². The number of nitrogens with zero attached hydrogens (tertiary/aromatic N) is 1. The second kappa shape index (κ2) is 7.09. The maximum atomic E-state index is 11.6. The standard InChI is InChI=1S/C12H23NO4S/c1-3-8-18(15,16)9-7-13-6-4-5-11(10-13)12(14)17-2/h11H,3-10H2,1-2H3. The zero-order chi connectivity index (χ0) is 13.6. The number of ether oxygens (including phenoxy) is 1. The first-order valence-electron chi connectivity index (χ1n) is 6.49. The Labute approximate surface area is 109 Å². The van der Waals surface area contributed by atoms with E-state index in [1.807, 2.05) is 6.92 Å². The van der Waals surface area contributed by atoms with Crippen molar-refractivity contribution in [1.82, 2.24) is 4.90 Å². The maximum Gasteiger partial charge on any atom is 0.309 e.